The van der Waals surface area contributed by atoms with E-state index in [2.05, 4.69) is 11.9 Å². The quantitative estimate of drug-likeness (QED) is 0.603. The number of halogens is 3. The summed E-state index contributed by atoms with van der Waals surface area (Å²) in [6, 6.07) is 1.86. The predicted molar refractivity (Wildman–Crippen MR) is 57.5 cm³/mol. The third-order valence-corrected chi connectivity index (χ3v) is 2.45. The van der Waals surface area contributed by atoms with E-state index < -0.39 is 17.5 Å². The summed E-state index contributed by atoms with van der Waals surface area (Å²) in [4.78, 5) is 0. The summed E-state index contributed by atoms with van der Waals surface area (Å²) < 4.78 is 39.2. The van der Waals surface area contributed by atoms with Crippen molar-refractivity contribution >= 4 is 0 Å². The zero-order valence-corrected chi connectivity index (χ0v) is 9.06. The molecule has 0 heterocycles. The van der Waals surface area contributed by atoms with Gasteiger partial charge in [-0.15, -0.1) is 6.58 Å². The summed E-state index contributed by atoms with van der Waals surface area (Å²) in [5.41, 5.74) is 0.142. The van der Waals surface area contributed by atoms with Crippen LogP contribution in [-0.2, 0) is 0 Å². The molecule has 1 aromatic rings. The molecule has 1 nitrogen and oxygen atoms in total. The first-order valence-electron chi connectivity index (χ1n) is 5.03. The lowest BCUT2D eigenvalue weighted by atomic mass is 10.0. The standard InChI is InChI=1S/C12H14F3N/c1-3-4-5-10(16-2)8-6-7-9(13)12(15)11(8)14/h3,6-7,10,16H,1,4-5H2,2H3. The molecule has 0 bridgehead atoms. The molecule has 0 aliphatic rings. The SMILES string of the molecule is C=CCCC(NC)c1ccc(F)c(F)c1F. The molecule has 16 heavy (non-hydrogen) atoms. The highest BCUT2D eigenvalue weighted by molar-refractivity contribution is 5.23. The normalized spacial score (nSPS) is 12.5. The molecule has 0 aromatic heterocycles. The molecule has 1 rings (SSSR count). The van der Waals surface area contributed by atoms with Gasteiger partial charge in [0.1, 0.15) is 0 Å². The van der Waals surface area contributed by atoms with Gasteiger partial charge in [0.25, 0.3) is 0 Å². The molecule has 88 valence electrons. The number of rotatable bonds is 5. The van der Waals surface area contributed by atoms with Crippen molar-refractivity contribution in [3.63, 3.8) is 0 Å². The number of hydrogen-bond donors (Lipinski definition) is 1. The van der Waals surface area contributed by atoms with Gasteiger partial charge < -0.3 is 5.32 Å². The minimum atomic E-state index is -1.42. The van der Waals surface area contributed by atoms with Crippen LogP contribution in [0.5, 0.6) is 0 Å². The van der Waals surface area contributed by atoms with Gasteiger partial charge in [-0.05, 0) is 26.0 Å². The van der Waals surface area contributed by atoms with Gasteiger partial charge in [-0.2, -0.15) is 0 Å². The Labute approximate surface area is 93.0 Å². The maximum absolute atomic E-state index is 13.4. The zero-order valence-electron chi connectivity index (χ0n) is 9.06. The summed E-state index contributed by atoms with van der Waals surface area (Å²) in [5.74, 6) is -3.71. The summed E-state index contributed by atoms with van der Waals surface area (Å²) in [7, 11) is 1.65. The van der Waals surface area contributed by atoms with Crippen molar-refractivity contribution in [3.05, 3.63) is 47.8 Å². The monoisotopic (exact) mass is 229 g/mol. The van der Waals surface area contributed by atoms with E-state index in [4.69, 9.17) is 0 Å². The molecule has 1 aromatic carbocycles. The van der Waals surface area contributed by atoms with Crippen molar-refractivity contribution in [1.29, 1.82) is 0 Å². The van der Waals surface area contributed by atoms with E-state index in [1.165, 1.54) is 6.07 Å². The molecule has 0 saturated carbocycles. The Kier molecular flexibility index (Phi) is 4.55. The number of hydrogen-bond acceptors (Lipinski definition) is 1. The summed E-state index contributed by atoms with van der Waals surface area (Å²) in [6.45, 7) is 3.56. The summed E-state index contributed by atoms with van der Waals surface area (Å²) in [5, 5.41) is 2.86. The molecule has 1 atom stereocenters. The van der Waals surface area contributed by atoms with E-state index in [1.807, 2.05) is 0 Å². The topological polar surface area (TPSA) is 12.0 Å². The third kappa shape index (κ3) is 2.64. The van der Waals surface area contributed by atoms with Gasteiger partial charge in [-0.25, -0.2) is 13.2 Å². The first-order valence-corrected chi connectivity index (χ1v) is 5.03. The van der Waals surface area contributed by atoms with Crippen molar-refractivity contribution in [2.24, 2.45) is 0 Å². The van der Waals surface area contributed by atoms with Gasteiger partial charge >= 0.3 is 0 Å². The second kappa shape index (κ2) is 5.70. The lowest BCUT2D eigenvalue weighted by molar-refractivity contribution is 0.425. The van der Waals surface area contributed by atoms with Crippen LogP contribution in [0.25, 0.3) is 0 Å². The number of allylic oxidation sites excluding steroid dienone is 1. The lowest BCUT2D eigenvalue weighted by Crippen LogP contribution is -2.18. The highest BCUT2D eigenvalue weighted by atomic mass is 19.2. The number of nitrogens with one attached hydrogen (secondary N) is 1. The van der Waals surface area contributed by atoms with Gasteiger partial charge in [-0.1, -0.05) is 12.1 Å². The molecule has 1 N–H and O–H groups in total. The van der Waals surface area contributed by atoms with Crippen LogP contribution in [0.4, 0.5) is 13.2 Å². The van der Waals surface area contributed by atoms with Crippen LogP contribution in [0.1, 0.15) is 24.4 Å². The second-order valence-electron chi connectivity index (χ2n) is 3.47. The van der Waals surface area contributed by atoms with E-state index in [-0.39, 0.29) is 11.6 Å². The van der Waals surface area contributed by atoms with E-state index in [9.17, 15) is 13.2 Å². The van der Waals surface area contributed by atoms with Crippen LogP contribution in [0.3, 0.4) is 0 Å². The Morgan fingerprint density at radius 3 is 2.56 bits per heavy atom. The van der Waals surface area contributed by atoms with E-state index in [0.717, 1.165) is 6.07 Å². The average Bonchev–Trinajstić information content (AvgIpc) is 2.29. The summed E-state index contributed by atoms with van der Waals surface area (Å²) in [6.07, 6.45) is 2.95. The smallest absolute Gasteiger partial charge is 0.194 e. The van der Waals surface area contributed by atoms with Crippen molar-refractivity contribution in [3.8, 4) is 0 Å². The minimum Gasteiger partial charge on any atom is -0.313 e. The fraction of sp³-hybridized carbons (Fsp3) is 0.333. The number of benzene rings is 1. The van der Waals surface area contributed by atoms with Crippen molar-refractivity contribution in [2.45, 2.75) is 18.9 Å². The van der Waals surface area contributed by atoms with Gasteiger partial charge in [0.05, 0.1) is 0 Å². The fourth-order valence-corrected chi connectivity index (χ4v) is 1.55. The molecule has 0 aliphatic heterocycles. The Morgan fingerprint density at radius 2 is 2.00 bits per heavy atom. The van der Waals surface area contributed by atoms with Crippen molar-refractivity contribution < 1.29 is 13.2 Å². The van der Waals surface area contributed by atoms with E-state index in [1.54, 1.807) is 13.1 Å². The Morgan fingerprint density at radius 1 is 1.31 bits per heavy atom. The van der Waals surface area contributed by atoms with Gasteiger partial charge in [-0.3, -0.25) is 0 Å². The molecular formula is C12H14F3N. The zero-order chi connectivity index (χ0) is 12.1. The Balaban J connectivity index is 3.01. The predicted octanol–water partition coefficient (Wildman–Crippen LogP) is 3.33. The van der Waals surface area contributed by atoms with E-state index in [0.29, 0.717) is 12.8 Å². The second-order valence-corrected chi connectivity index (χ2v) is 3.47. The van der Waals surface area contributed by atoms with Crippen LogP contribution in [0, 0.1) is 17.5 Å². The molecule has 0 spiro atoms. The van der Waals surface area contributed by atoms with Gasteiger partial charge in [0.2, 0.25) is 0 Å². The Bertz CT molecular complexity index is 377. The first-order chi connectivity index (χ1) is 7.61. The maximum Gasteiger partial charge on any atom is 0.194 e. The highest BCUT2D eigenvalue weighted by Gasteiger charge is 2.18. The molecular weight excluding hydrogens is 215 g/mol. The molecule has 0 radical (unpaired) electrons. The average molecular weight is 229 g/mol. The van der Waals surface area contributed by atoms with E-state index >= 15 is 0 Å². The van der Waals surface area contributed by atoms with Crippen LogP contribution in [0.2, 0.25) is 0 Å². The van der Waals surface area contributed by atoms with Gasteiger partial charge in [0.15, 0.2) is 17.5 Å². The molecule has 0 saturated heterocycles. The van der Waals surface area contributed by atoms with Crippen molar-refractivity contribution in [2.75, 3.05) is 7.05 Å². The molecule has 0 fully saturated rings. The molecule has 4 heteroatoms. The summed E-state index contributed by atoms with van der Waals surface area (Å²) >= 11 is 0. The van der Waals surface area contributed by atoms with Crippen LogP contribution in [-0.4, -0.2) is 7.05 Å². The third-order valence-electron chi connectivity index (χ3n) is 2.45. The van der Waals surface area contributed by atoms with Crippen LogP contribution in [0.15, 0.2) is 24.8 Å². The molecule has 0 aliphatic carbocycles. The van der Waals surface area contributed by atoms with Crippen molar-refractivity contribution in [1.82, 2.24) is 5.32 Å². The molecule has 1 unspecified atom stereocenters. The fourth-order valence-electron chi connectivity index (χ4n) is 1.55. The van der Waals surface area contributed by atoms with Gasteiger partial charge in [0, 0.05) is 11.6 Å². The first kappa shape index (κ1) is 12.8. The lowest BCUT2D eigenvalue weighted by Gasteiger charge is -2.16. The maximum atomic E-state index is 13.4. The molecule has 0 amide bonds. The minimum absolute atomic E-state index is 0.142. The highest BCUT2D eigenvalue weighted by Crippen LogP contribution is 2.24. The largest absolute Gasteiger partial charge is 0.313 e. The van der Waals surface area contributed by atoms with Crippen LogP contribution < -0.4 is 5.32 Å². The Hall–Kier alpha value is -1.29. The van der Waals surface area contributed by atoms with Crippen LogP contribution >= 0.6 is 0 Å².